The minimum atomic E-state index is -4.27. The maximum absolute atomic E-state index is 13.1. The number of hydrogen-bond acceptors (Lipinski definition) is 3. The quantitative estimate of drug-likeness (QED) is 0.888. The standard InChI is InChI=1S/C18H20F3N3O2/c1-17(2)10-23(11-18(19,20)21)7-8-24(17)16(26)14-9-22-15(25)13-6-4-3-5-12(13)14/h3-6,9H,7-8,10-11H2,1-2H3,(H,22,25). The van der Waals surface area contributed by atoms with Gasteiger partial charge in [0.1, 0.15) is 0 Å². The van der Waals surface area contributed by atoms with Gasteiger partial charge in [0.15, 0.2) is 0 Å². The number of benzene rings is 1. The van der Waals surface area contributed by atoms with Crippen molar-refractivity contribution < 1.29 is 18.0 Å². The first-order valence-electron chi connectivity index (χ1n) is 8.30. The lowest BCUT2D eigenvalue weighted by atomic mass is 9.96. The summed E-state index contributed by atoms with van der Waals surface area (Å²) in [5.74, 6) is -0.297. The van der Waals surface area contributed by atoms with Crippen molar-refractivity contribution in [1.29, 1.82) is 0 Å². The number of rotatable bonds is 2. The maximum Gasteiger partial charge on any atom is 0.401 e. The summed E-state index contributed by atoms with van der Waals surface area (Å²) in [6, 6.07) is 6.79. The number of nitrogens with one attached hydrogen (secondary N) is 1. The Morgan fingerprint density at radius 2 is 1.85 bits per heavy atom. The molecular weight excluding hydrogens is 347 g/mol. The summed E-state index contributed by atoms with van der Waals surface area (Å²) in [7, 11) is 0. The van der Waals surface area contributed by atoms with Crippen LogP contribution in [0.15, 0.2) is 35.3 Å². The third-order valence-electron chi connectivity index (χ3n) is 4.67. The van der Waals surface area contributed by atoms with E-state index in [0.717, 1.165) is 0 Å². The Bertz CT molecular complexity index is 889. The van der Waals surface area contributed by atoms with E-state index >= 15 is 0 Å². The zero-order valence-corrected chi connectivity index (χ0v) is 14.6. The molecule has 0 aliphatic carbocycles. The third kappa shape index (κ3) is 3.60. The molecule has 0 unspecified atom stereocenters. The average molecular weight is 367 g/mol. The molecule has 5 nitrogen and oxygen atoms in total. The second-order valence-electron chi connectivity index (χ2n) is 7.17. The van der Waals surface area contributed by atoms with Crippen molar-refractivity contribution in [2.45, 2.75) is 25.6 Å². The number of nitrogens with zero attached hydrogens (tertiary/aromatic N) is 2. The van der Waals surface area contributed by atoms with Gasteiger partial charge in [-0.15, -0.1) is 0 Å². The summed E-state index contributed by atoms with van der Waals surface area (Å²) in [5, 5.41) is 0.946. The van der Waals surface area contributed by atoms with E-state index in [-0.39, 0.29) is 31.1 Å². The van der Waals surface area contributed by atoms with Gasteiger partial charge in [-0.25, -0.2) is 0 Å². The highest BCUT2D eigenvalue weighted by atomic mass is 19.4. The Morgan fingerprint density at radius 1 is 1.19 bits per heavy atom. The van der Waals surface area contributed by atoms with Gasteiger partial charge in [0.05, 0.1) is 17.6 Å². The van der Waals surface area contributed by atoms with Crippen LogP contribution in [0.3, 0.4) is 0 Å². The molecule has 0 saturated carbocycles. The van der Waals surface area contributed by atoms with Crippen molar-refractivity contribution in [2.24, 2.45) is 0 Å². The Morgan fingerprint density at radius 3 is 2.46 bits per heavy atom. The van der Waals surface area contributed by atoms with E-state index in [4.69, 9.17) is 0 Å². The normalized spacial score (nSPS) is 18.3. The van der Waals surface area contributed by atoms with E-state index in [2.05, 4.69) is 4.98 Å². The smallest absolute Gasteiger partial charge is 0.331 e. The zero-order chi connectivity index (χ0) is 19.1. The summed E-state index contributed by atoms with van der Waals surface area (Å²) in [5.41, 5.74) is -0.707. The van der Waals surface area contributed by atoms with Crippen molar-refractivity contribution in [3.63, 3.8) is 0 Å². The number of H-pyrrole nitrogens is 1. The van der Waals surface area contributed by atoms with Gasteiger partial charge in [0.25, 0.3) is 11.5 Å². The predicted octanol–water partition coefficient (Wildman–Crippen LogP) is 2.63. The summed E-state index contributed by atoms with van der Waals surface area (Å²) < 4.78 is 38.0. The molecule has 0 spiro atoms. The molecule has 140 valence electrons. The molecule has 26 heavy (non-hydrogen) atoms. The summed E-state index contributed by atoms with van der Waals surface area (Å²) in [6.07, 6.45) is -2.89. The fourth-order valence-corrected chi connectivity index (χ4v) is 3.55. The number of hydrogen-bond donors (Lipinski definition) is 1. The lowest BCUT2D eigenvalue weighted by Crippen LogP contribution is -2.62. The van der Waals surface area contributed by atoms with E-state index in [1.54, 1.807) is 43.0 Å². The topological polar surface area (TPSA) is 56.4 Å². The van der Waals surface area contributed by atoms with Crippen molar-refractivity contribution >= 4 is 16.7 Å². The highest BCUT2D eigenvalue weighted by Crippen LogP contribution is 2.27. The maximum atomic E-state index is 13.1. The number of carbonyl (C=O) groups excluding carboxylic acids is 1. The van der Waals surface area contributed by atoms with Gasteiger partial charge in [-0.05, 0) is 19.9 Å². The number of alkyl halides is 3. The van der Waals surface area contributed by atoms with Crippen LogP contribution in [0.1, 0.15) is 24.2 Å². The van der Waals surface area contributed by atoms with Crippen LogP contribution >= 0.6 is 0 Å². The zero-order valence-electron chi connectivity index (χ0n) is 14.6. The first-order valence-corrected chi connectivity index (χ1v) is 8.30. The van der Waals surface area contributed by atoms with Crippen LogP contribution in [0.2, 0.25) is 0 Å². The molecule has 0 atom stereocenters. The molecule has 0 radical (unpaired) electrons. The number of carbonyl (C=O) groups is 1. The molecule has 0 bridgehead atoms. The van der Waals surface area contributed by atoms with Gasteiger partial charge in [0.2, 0.25) is 0 Å². The van der Waals surface area contributed by atoms with E-state index in [0.29, 0.717) is 16.3 Å². The number of aromatic nitrogens is 1. The SMILES string of the molecule is CC1(C)CN(CC(F)(F)F)CCN1C(=O)c1c[nH]c(=O)c2ccccc12. The number of halogens is 3. The largest absolute Gasteiger partial charge is 0.401 e. The number of amides is 1. The molecule has 1 aliphatic rings. The molecule has 1 aliphatic heterocycles. The van der Waals surface area contributed by atoms with Crippen LogP contribution in [0.4, 0.5) is 13.2 Å². The Labute approximate surface area is 148 Å². The molecule has 1 fully saturated rings. The highest BCUT2D eigenvalue weighted by Gasteiger charge is 2.41. The van der Waals surface area contributed by atoms with Crippen molar-refractivity contribution in [2.75, 3.05) is 26.2 Å². The number of aromatic amines is 1. The van der Waals surface area contributed by atoms with Gasteiger partial charge in [-0.3, -0.25) is 14.5 Å². The number of fused-ring (bicyclic) bond motifs is 1. The van der Waals surface area contributed by atoms with Gasteiger partial charge in [-0.1, -0.05) is 18.2 Å². The lowest BCUT2D eigenvalue weighted by Gasteiger charge is -2.47. The highest BCUT2D eigenvalue weighted by molar-refractivity contribution is 6.06. The predicted molar refractivity (Wildman–Crippen MR) is 92.2 cm³/mol. The van der Waals surface area contributed by atoms with Gasteiger partial charge in [-0.2, -0.15) is 13.2 Å². The molecule has 1 N–H and O–H groups in total. The van der Waals surface area contributed by atoms with E-state index in [1.807, 2.05) is 0 Å². The fraction of sp³-hybridized carbons (Fsp3) is 0.444. The summed E-state index contributed by atoms with van der Waals surface area (Å²) in [4.78, 5) is 30.5. The Hall–Kier alpha value is -2.35. The number of pyridine rings is 1. The molecule has 1 saturated heterocycles. The van der Waals surface area contributed by atoms with E-state index in [9.17, 15) is 22.8 Å². The molecular formula is C18H20F3N3O2. The molecule has 2 aromatic rings. The Kier molecular flexibility index (Phi) is 4.56. The van der Waals surface area contributed by atoms with Crippen LogP contribution in [-0.2, 0) is 0 Å². The molecule has 3 rings (SSSR count). The van der Waals surface area contributed by atoms with Crippen molar-refractivity contribution in [3.8, 4) is 0 Å². The third-order valence-corrected chi connectivity index (χ3v) is 4.67. The second kappa shape index (κ2) is 6.42. The van der Waals surface area contributed by atoms with Gasteiger partial charge >= 0.3 is 6.18 Å². The summed E-state index contributed by atoms with van der Waals surface area (Å²) >= 11 is 0. The van der Waals surface area contributed by atoms with Crippen molar-refractivity contribution in [1.82, 2.24) is 14.8 Å². The van der Waals surface area contributed by atoms with E-state index < -0.39 is 18.3 Å². The van der Waals surface area contributed by atoms with Crippen LogP contribution in [-0.4, -0.2) is 58.6 Å². The molecule has 1 amide bonds. The van der Waals surface area contributed by atoms with Gasteiger partial charge < -0.3 is 9.88 Å². The first-order chi connectivity index (χ1) is 12.1. The average Bonchev–Trinajstić information content (AvgIpc) is 2.52. The minimum absolute atomic E-state index is 0.125. The second-order valence-corrected chi connectivity index (χ2v) is 7.17. The van der Waals surface area contributed by atoms with Crippen LogP contribution in [0, 0.1) is 0 Å². The van der Waals surface area contributed by atoms with E-state index in [1.165, 1.54) is 11.1 Å². The fourth-order valence-electron chi connectivity index (χ4n) is 3.55. The molecule has 2 heterocycles. The lowest BCUT2D eigenvalue weighted by molar-refractivity contribution is -0.153. The molecule has 1 aromatic heterocycles. The minimum Gasteiger partial charge on any atom is -0.331 e. The van der Waals surface area contributed by atoms with Crippen LogP contribution in [0.25, 0.3) is 10.8 Å². The number of piperazine rings is 1. The monoisotopic (exact) mass is 367 g/mol. The molecule has 8 heteroatoms. The van der Waals surface area contributed by atoms with Gasteiger partial charge in [0, 0.05) is 36.6 Å². The van der Waals surface area contributed by atoms with Crippen LogP contribution in [0.5, 0.6) is 0 Å². The molecule has 1 aromatic carbocycles. The summed E-state index contributed by atoms with van der Waals surface area (Å²) in [6.45, 7) is 2.98. The Balaban J connectivity index is 1.90. The van der Waals surface area contributed by atoms with Crippen molar-refractivity contribution in [3.05, 3.63) is 46.4 Å². The van der Waals surface area contributed by atoms with Crippen LogP contribution < -0.4 is 5.56 Å². The first kappa shape index (κ1) is 18.4.